The molecule has 3 rings (SSSR count). The molecule has 2 atom stereocenters. The summed E-state index contributed by atoms with van der Waals surface area (Å²) in [5, 5.41) is 3.01. The van der Waals surface area contributed by atoms with E-state index in [4.69, 9.17) is 4.74 Å². The Bertz CT molecular complexity index is 723. The van der Waals surface area contributed by atoms with E-state index in [0.717, 1.165) is 5.69 Å². The number of hydrogen-bond acceptors (Lipinski definition) is 6. The molecule has 30 heavy (non-hydrogen) atoms. The van der Waals surface area contributed by atoms with Crippen LogP contribution in [0.1, 0.15) is 30.9 Å². The van der Waals surface area contributed by atoms with Crippen LogP contribution in [-0.4, -0.2) is 74.3 Å². The molecule has 7 nitrogen and oxygen atoms in total. The molecule has 1 aromatic rings. The number of likely N-dealkylation sites (N-methyl/N-ethyl adjacent to an activating group) is 1. The molecule has 1 N–H and O–H groups in total. The Morgan fingerprint density at radius 2 is 2.13 bits per heavy atom. The van der Waals surface area contributed by atoms with Crippen molar-refractivity contribution in [1.82, 2.24) is 15.2 Å². The monoisotopic (exact) mass is 428 g/mol. The molecule has 2 fully saturated rings. The number of aromatic nitrogens is 1. The molecular weight excluding hydrogens is 401 g/mol. The number of likely N-dealkylation sites (tertiary alicyclic amines) is 1. The van der Waals surface area contributed by atoms with Crippen LogP contribution in [0.15, 0.2) is 18.3 Å². The van der Waals surface area contributed by atoms with Crippen LogP contribution in [0.5, 0.6) is 0 Å². The Morgan fingerprint density at radius 3 is 2.70 bits per heavy atom. The number of alkyl halides is 3. The standard InChI is InChI=1S/C20H27F3N4O3/c1-24-16(12-30-13-28)2-5-19(29)27-9-14(10-27)18-4-3-17(8-25-18)26-7-6-15(11-26)20(21,22)23/h3-4,8,13-16,24H,2,5-7,9-12H2,1H3. The highest BCUT2D eigenvalue weighted by molar-refractivity contribution is 5.77. The zero-order chi connectivity index (χ0) is 21.7. The summed E-state index contributed by atoms with van der Waals surface area (Å²) in [4.78, 5) is 30.5. The van der Waals surface area contributed by atoms with Gasteiger partial charge in [-0.15, -0.1) is 0 Å². The largest absolute Gasteiger partial charge is 0.466 e. The van der Waals surface area contributed by atoms with Crippen LogP contribution >= 0.6 is 0 Å². The molecule has 0 saturated carbocycles. The summed E-state index contributed by atoms with van der Waals surface area (Å²) in [6.45, 7) is 2.14. The van der Waals surface area contributed by atoms with E-state index < -0.39 is 12.1 Å². The number of nitrogens with one attached hydrogen (secondary N) is 1. The number of ether oxygens (including phenoxy) is 1. The molecule has 2 aliphatic heterocycles. The molecule has 2 aliphatic rings. The summed E-state index contributed by atoms with van der Waals surface area (Å²) in [7, 11) is 1.75. The Hall–Kier alpha value is -2.36. The lowest BCUT2D eigenvalue weighted by molar-refractivity contribution is -0.168. The summed E-state index contributed by atoms with van der Waals surface area (Å²) >= 11 is 0. The van der Waals surface area contributed by atoms with Crippen molar-refractivity contribution in [3.8, 4) is 0 Å². The van der Waals surface area contributed by atoms with E-state index in [1.165, 1.54) is 0 Å². The van der Waals surface area contributed by atoms with Crippen molar-refractivity contribution in [3.05, 3.63) is 24.0 Å². The summed E-state index contributed by atoms with van der Waals surface area (Å²) < 4.78 is 43.3. The summed E-state index contributed by atoms with van der Waals surface area (Å²) in [5.41, 5.74) is 1.55. The predicted octanol–water partition coefficient (Wildman–Crippen LogP) is 1.94. The number of carbonyl (C=O) groups is 2. The molecule has 0 aliphatic carbocycles. The van der Waals surface area contributed by atoms with Gasteiger partial charge in [-0.2, -0.15) is 13.2 Å². The molecule has 0 spiro atoms. The van der Waals surface area contributed by atoms with Gasteiger partial charge >= 0.3 is 6.18 Å². The van der Waals surface area contributed by atoms with Crippen LogP contribution in [0, 0.1) is 5.92 Å². The number of rotatable bonds is 9. The normalized spacial score (nSPS) is 20.7. The minimum Gasteiger partial charge on any atom is -0.466 e. The first-order chi connectivity index (χ1) is 14.3. The van der Waals surface area contributed by atoms with Crippen molar-refractivity contribution < 1.29 is 27.5 Å². The molecule has 0 bridgehead atoms. The van der Waals surface area contributed by atoms with Gasteiger partial charge in [-0.05, 0) is 32.0 Å². The maximum atomic E-state index is 12.9. The summed E-state index contributed by atoms with van der Waals surface area (Å²) in [5.74, 6) is -1.09. The lowest BCUT2D eigenvalue weighted by Crippen LogP contribution is -2.49. The molecule has 2 saturated heterocycles. The van der Waals surface area contributed by atoms with E-state index >= 15 is 0 Å². The average molecular weight is 428 g/mol. The molecule has 1 aromatic heterocycles. The molecule has 0 radical (unpaired) electrons. The number of pyridine rings is 1. The first-order valence-corrected chi connectivity index (χ1v) is 10.1. The molecule has 2 unspecified atom stereocenters. The van der Waals surface area contributed by atoms with Crippen LogP contribution in [0.25, 0.3) is 0 Å². The zero-order valence-electron chi connectivity index (χ0n) is 16.9. The maximum absolute atomic E-state index is 12.9. The Labute approximate surface area is 173 Å². The Balaban J connectivity index is 1.43. The highest BCUT2D eigenvalue weighted by Crippen LogP contribution is 2.35. The van der Waals surface area contributed by atoms with Gasteiger partial charge in [-0.1, -0.05) is 0 Å². The maximum Gasteiger partial charge on any atom is 0.393 e. The number of anilines is 1. The van der Waals surface area contributed by atoms with Gasteiger partial charge in [-0.25, -0.2) is 0 Å². The van der Waals surface area contributed by atoms with Crippen LogP contribution in [0.4, 0.5) is 18.9 Å². The van der Waals surface area contributed by atoms with Crippen molar-refractivity contribution in [2.75, 3.05) is 44.7 Å². The fraction of sp³-hybridized carbons (Fsp3) is 0.650. The van der Waals surface area contributed by atoms with E-state index in [9.17, 15) is 22.8 Å². The predicted molar refractivity (Wildman–Crippen MR) is 104 cm³/mol. The lowest BCUT2D eigenvalue weighted by Gasteiger charge is -2.39. The van der Waals surface area contributed by atoms with Gasteiger partial charge in [-0.3, -0.25) is 14.6 Å². The van der Waals surface area contributed by atoms with Crippen LogP contribution in [0.3, 0.4) is 0 Å². The highest BCUT2D eigenvalue weighted by atomic mass is 19.4. The van der Waals surface area contributed by atoms with Crippen LogP contribution < -0.4 is 10.2 Å². The second kappa shape index (κ2) is 9.63. The third kappa shape index (κ3) is 5.41. The number of nitrogens with zero attached hydrogens (tertiary/aromatic N) is 3. The fourth-order valence-electron chi connectivity index (χ4n) is 3.88. The van der Waals surface area contributed by atoms with Crippen molar-refractivity contribution in [3.63, 3.8) is 0 Å². The molecule has 0 aromatic carbocycles. The average Bonchev–Trinajstić information content (AvgIpc) is 3.18. The van der Waals surface area contributed by atoms with Crippen LogP contribution in [-0.2, 0) is 14.3 Å². The zero-order valence-corrected chi connectivity index (χ0v) is 16.9. The third-order valence-corrected chi connectivity index (χ3v) is 5.92. The topological polar surface area (TPSA) is 74.8 Å². The molecule has 3 heterocycles. The number of carbonyl (C=O) groups excluding carboxylic acids is 2. The third-order valence-electron chi connectivity index (χ3n) is 5.92. The highest BCUT2D eigenvalue weighted by Gasteiger charge is 2.43. The van der Waals surface area contributed by atoms with Gasteiger partial charge in [0.2, 0.25) is 5.91 Å². The van der Waals surface area contributed by atoms with Crippen molar-refractivity contribution >= 4 is 18.1 Å². The van der Waals surface area contributed by atoms with Gasteiger partial charge < -0.3 is 19.9 Å². The second-order valence-electron chi connectivity index (χ2n) is 7.86. The first-order valence-electron chi connectivity index (χ1n) is 10.1. The van der Waals surface area contributed by atoms with Gasteiger partial charge in [0.05, 0.1) is 17.8 Å². The molecule has 10 heteroatoms. The lowest BCUT2D eigenvalue weighted by atomic mass is 9.95. The molecule has 166 valence electrons. The van der Waals surface area contributed by atoms with Crippen molar-refractivity contribution in [2.45, 2.75) is 37.4 Å². The van der Waals surface area contributed by atoms with Gasteiger partial charge in [0, 0.05) is 50.3 Å². The van der Waals surface area contributed by atoms with E-state index in [2.05, 4.69) is 10.3 Å². The Kier molecular flexibility index (Phi) is 7.17. The number of halogens is 3. The number of hydrogen-bond donors (Lipinski definition) is 1. The van der Waals surface area contributed by atoms with Gasteiger partial charge in [0.25, 0.3) is 6.47 Å². The van der Waals surface area contributed by atoms with Gasteiger partial charge in [0.1, 0.15) is 6.61 Å². The summed E-state index contributed by atoms with van der Waals surface area (Å²) in [6, 6.07) is 3.60. The van der Waals surface area contributed by atoms with Crippen LogP contribution in [0.2, 0.25) is 0 Å². The minimum atomic E-state index is -4.15. The SMILES string of the molecule is CNC(CCC(=O)N1CC(c2ccc(N3CCC(C(F)(F)F)C3)cn2)C1)COC=O. The quantitative estimate of drug-likeness (QED) is 0.606. The van der Waals surface area contributed by atoms with Gasteiger partial charge in [0.15, 0.2) is 0 Å². The Morgan fingerprint density at radius 1 is 1.37 bits per heavy atom. The van der Waals surface area contributed by atoms with E-state index in [1.807, 2.05) is 12.1 Å². The first kappa shape index (κ1) is 22.3. The van der Waals surface area contributed by atoms with E-state index in [0.29, 0.717) is 44.6 Å². The van der Waals surface area contributed by atoms with Crippen molar-refractivity contribution in [1.29, 1.82) is 0 Å². The minimum absolute atomic E-state index is 0.0261. The van der Waals surface area contributed by atoms with E-state index in [1.54, 1.807) is 23.0 Å². The molecule has 1 amide bonds. The summed E-state index contributed by atoms with van der Waals surface area (Å²) in [6.07, 6.45) is -1.48. The molecular formula is C20H27F3N4O3. The van der Waals surface area contributed by atoms with E-state index in [-0.39, 0.29) is 37.4 Å². The second-order valence-corrected chi connectivity index (χ2v) is 7.86. The number of amides is 1. The fourth-order valence-corrected chi connectivity index (χ4v) is 3.88. The van der Waals surface area contributed by atoms with Crippen molar-refractivity contribution in [2.24, 2.45) is 5.92 Å². The smallest absolute Gasteiger partial charge is 0.393 e.